The van der Waals surface area contributed by atoms with Gasteiger partial charge in [0.15, 0.2) is 0 Å². The van der Waals surface area contributed by atoms with E-state index >= 15 is 0 Å². The standard InChI is InChI=1S/C16H29N3O2/c1-12(16(21)17-13-6-7-13)18-8-10-19(11-9-18)14-4-2-3-5-15(14)20/h12-15,20H,2-11H2,1H3,(H,17,21). The normalized spacial score (nSPS) is 33.6. The van der Waals surface area contributed by atoms with E-state index in [0.717, 1.165) is 58.3 Å². The maximum Gasteiger partial charge on any atom is 0.237 e. The molecular weight excluding hydrogens is 266 g/mol. The highest BCUT2D eigenvalue weighted by molar-refractivity contribution is 5.81. The second kappa shape index (κ2) is 6.63. The number of nitrogens with zero attached hydrogens (tertiary/aromatic N) is 2. The van der Waals surface area contributed by atoms with Gasteiger partial charge in [0.2, 0.25) is 5.91 Å². The van der Waals surface area contributed by atoms with Crippen molar-refractivity contribution in [2.24, 2.45) is 0 Å². The predicted octanol–water partition coefficient (Wildman–Crippen LogP) is 0.575. The van der Waals surface area contributed by atoms with E-state index in [1.165, 1.54) is 6.42 Å². The van der Waals surface area contributed by atoms with Crippen molar-refractivity contribution < 1.29 is 9.90 Å². The van der Waals surface area contributed by atoms with Crippen molar-refractivity contribution in [1.82, 2.24) is 15.1 Å². The molecule has 3 aliphatic rings. The molecule has 0 aromatic heterocycles. The number of rotatable bonds is 4. The minimum atomic E-state index is -0.152. The maximum absolute atomic E-state index is 12.1. The van der Waals surface area contributed by atoms with Crippen LogP contribution in [-0.4, -0.2) is 71.2 Å². The number of carbonyl (C=O) groups is 1. The molecule has 3 unspecified atom stereocenters. The minimum Gasteiger partial charge on any atom is -0.391 e. The van der Waals surface area contributed by atoms with Crippen LogP contribution in [0.25, 0.3) is 0 Å². The number of aliphatic hydroxyl groups excluding tert-OH is 1. The molecule has 120 valence electrons. The predicted molar refractivity (Wildman–Crippen MR) is 82.0 cm³/mol. The molecule has 1 heterocycles. The second-order valence-corrected chi connectivity index (χ2v) is 6.95. The third-order valence-electron chi connectivity index (χ3n) is 5.36. The van der Waals surface area contributed by atoms with E-state index < -0.39 is 0 Å². The molecule has 3 fully saturated rings. The highest BCUT2D eigenvalue weighted by atomic mass is 16.3. The molecule has 1 saturated heterocycles. The zero-order valence-electron chi connectivity index (χ0n) is 13.1. The van der Waals surface area contributed by atoms with E-state index in [2.05, 4.69) is 15.1 Å². The topological polar surface area (TPSA) is 55.8 Å². The molecule has 1 aliphatic heterocycles. The Balaban J connectivity index is 1.46. The van der Waals surface area contributed by atoms with Crippen LogP contribution in [0.2, 0.25) is 0 Å². The van der Waals surface area contributed by atoms with Crippen LogP contribution in [0.1, 0.15) is 45.4 Å². The van der Waals surface area contributed by atoms with Crippen molar-refractivity contribution >= 4 is 5.91 Å². The van der Waals surface area contributed by atoms with Gasteiger partial charge in [-0.05, 0) is 32.6 Å². The molecule has 0 radical (unpaired) electrons. The fourth-order valence-corrected chi connectivity index (χ4v) is 3.69. The quantitative estimate of drug-likeness (QED) is 0.796. The van der Waals surface area contributed by atoms with Crippen molar-refractivity contribution in [3.63, 3.8) is 0 Å². The third kappa shape index (κ3) is 3.76. The Morgan fingerprint density at radius 3 is 2.38 bits per heavy atom. The van der Waals surface area contributed by atoms with Gasteiger partial charge in [-0.25, -0.2) is 0 Å². The number of amides is 1. The number of piperazine rings is 1. The Bertz CT molecular complexity index is 365. The Hall–Kier alpha value is -0.650. The first-order valence-corrected chi connectivity index (χ1v) is 8.61. The van der Waals surface area contributed by atoms with Gasteiger partial charge in [-0.1, -0.05) is 12.8 Å². The highest BCUT2D eigenvalue weighted by Gasteiger charge is 2.34. The molecular formula is C16H29N3O2. The van der Waals surface area contributed by atoms with Gasteiger partial charge in [-0.15, -0.1) is 0 Å². The molecule has 2 aliphatic carbocycles. The third-order valence-corrected chi connectivity index (χ3v) is 5.36. The summed E-state index contributed by atoms with van der Waals surface area (Å²) in [6.07, 6.45) is 6.61. The van der Waals surface area contributed by atoms with Crippen LogP contribution in [0.3, 0.4) is 0 Å². The van der Waals surface area contributed by atoms with Crippen molar-refractivity contribution in [3.8, 4) is 0 Å². The summed E-state index contributed by atoms with van der Waals surface area (Å²) in [6.45, 7) is 5.83. The Labute approximate surface area is 127 Å². The lowest BCUT2D eigenvalue weighted by molar-refractivity contribution is -0.127. The molecule has 21 heavy (non-hydrogen) atoms. The van der Waals surface area contributed by atoms with Crippen LogP contribution in [0, 0.1) is 0 Å². The van der Waals surface area contributed by atoms with E-state index in [-0.39, 0.29) is 18.1 Å². The van der Waals surface area contributed by atoms with Crippen molar-refractivity contribution in [2.75, 3.05) is 26.2 Å². The van der Waals surface area contributed by atoms with Gasteiger partial charge in [-0.2, -0.15) is 0 Å². The van der Waals surface area contributed by atoms with Gasteiger partial charge in [-0.3, -0.25) is 14.6 Å². The SMILES string of the molecule is CC(C(=O)NC1CC1)N1CCN(C2CCCCC2O)CC1. The molecule has 3 atom stereocenters. The van der Waals surface area contributed by atoms with Gasteiger partial charge in [0, 0.05) is 38.3 Å². The van der Waals surface area contributed by atoms with Crippen LogP contribution in [0.4, 0.5) is 0 Å². The lowest BCUT2D eigenvalue weighted by atomic mass is 9.91. The fourth-order valence-electron chi connectivity index (χ4n) is 3.69. The largest absolute Gasteiger partial charge is 0.391 e. The highest BCUT2D eigenvalue weighted by Crippen LogP contribution is 2.24. The molecule has 0 aromatic carbocycles. The Morgan fingerprint density at radius 2 is 1.76 bits per heavy atom. The van der Waals surface area contributed by atoms with E-state index in [0.29, 0.717) is 12.1 Å². The molecule has 2 saturated carbocycles. The van der Waals surface area contributed by atoms with Crippen molar-refractivity contribution in [2.45, 2.75) is 69.7 Å². The molecule has 1 amide bonds. The molecule has 0 aromatic rings. The summed E-state index contributed by atoms with van der Waals surface area (Å²) in [5, 5.41) is 13.3. The zero-order valence-corrected chi connectivity index (χ0v) is 13.1. The van der Waals surface area contributed by atoms with Crippen LogP contribution in [-0.2, 0) is 4.79 Å². The number of hydrogen-bond acceptors (Lipinski definition) is 4. The lowest BCUT2D eigenvalue weighted by Crippen LogP contribution is -2.58. The molecule has 3 rings (SSSR count). The molecule has 0 spiro atoms. The maximum atomic E-state index is 12.1. The zero-order chi connectivity index (χ0) is 14.8. The summed E-state index contributed by atoms with van der Waals surface area (Å²) in [7, 11) is 0. The molecule has 5 nitrogen and oxygen atoms in total. The van der Waals surface area contributed by atoms with Gasteiger partial charge in [0.25, 0.3) is 0 Å². The number of aliphatic hydroxyl groups is 1. The average molecular weight is 295 g/mol. The van der Waals surface area contributed by atoms with Crippen LogP contribution in [0.15, 0.2) is 0 Å². The number of hydrogen-bond donors (Lipinski definition) is 2. The van der Waals surface area contributed by atoms with E-state index in [1.54, 1.807) is 0 Å². The van der Waals surface area contributed by atoms with Gasteiger partial charge in [0.05, 0.1) is 12.1 Å². The van der Waals surface area contributed by atoms with Crippen molar-refractivity contribution in [1.29, 1.82) is 0 Å². The molecule has 2 N–H and O–H groups in total. The lowest BCUT2D eigenvalue weighted by Gasteiger charge is -2.43. The molecule has 5 heteroatoms. The summed E-state index contributed by atoms with van der Waals surface area (Å²) in [6, 6.07) is 0.763. The first-order valence-electron chi connectivity index (χ1n) is 8.61. The summed E-state index contributed by atoms with van der Waals surface area (Å²) in [5.74, 6) is 0.184. The molecule has 0 bridgehead atoms. The Morgan fingerprint density at radius 1 is 1.10 bits per heavy atom. The van der Waals surface area contributed by atoms with Crippen LogP contribution in [0.5, 0.6) is 0 Å². The van der Waals surface area contributed by atoms with Gasteiger partial charge >= 0.3 is 0 Å². The summed E-state index contributed by atoms with van der Waals surface area (Å²) in [5.41, 5.74) is 0. The van der Waals surface area contributed by atoms with Crippen LogP contribution < -0.4 is 5.32 Å². The van der Waals surface area contributed by atoms with E-state index in [9.17, 15) is 9.90 Å². The van der Waals surface area contributed by atoms with E-state index in [4.69, 9.17) is 0 Å². The summed E-state index contributed by atoms with van der Waals surface area (Å²) >= 11 is 0. The first kappa shape index (κ1) is 15.3. The summed E-state index contributed by atoms with van der Waals surface area (Å²) in [4.78, 5) is 16.8. The first-order chi connectivity index (χ1) is 10.1. The second-order valence-electron chi connectivity index (χ2n) is 6.95. The van der Waals surface area contributed by atoms with Gasteiger partial charge < -0.3 is 10.4 Å². The Kier molecular flexibility index (Phi) is 4.82. The average Bonchev–Trinajstić information content (AvgIpc) is 3.31. The monoisotopic (exact) mass is 295 g/mol. The smallest absolute Gasteiger partial charge is 0.237 e. The van der Waals surface area contributed by atoms with Gasteiger partial charge in [0.1, 0.15) is 0 Å². The van der Waals surface area contributed by atoms with Crippen LogP contribution >= 0.6 is 0 Å². The fraction of sp³-hybridized carbons (Fsp3) is 0.938. The number of nitrogens with one attached hydrogen (secondary N) is 1. The van der Waals surface area contributed by atoms with Crippen molar-refractivity contribution in [3.05, 3.63) is 0 Å². The minimum absolute atomic E-state index is 0.0240. The summed E-state index contributed by atoms with van der Waals surface area (Å²) < 4.78 is 0. The number of carbonyl (C=O) groups excluding carboxylic acids is 1. The van der Waals surface area contributed by atoms with E-state index in [1.807, 2.05) is 6.92 Å².